The molecule has 1 saturated heterocycles. The van der Waals surface area contributed by atoms with Gasteiger partial charge in [-0.25, -0.2) is 9.97 Å². The third kappa shape index (κ3) is 4.95. The highest BCUT2D eigenvalue weighted by Crippen LogP contribution is 2.23. The molecule has 2 aromatic carbocycles. The molecule has 1 fully saturated rings. The van der Waals surface area contributed by atoms with Crippen molar-refractivity contribution >= 4 is 29.1 Å². The van der Waals surface area contributed by atoms with Gasteiger partial charge < -0.3 is 9.80 Å². The summed E-state index contributed by atoms with van der Waals surface area (Å²) in [5.74, 6) is 1.42. The molecule has 0 atom stereocenters. The number of aromatic nitrogens is 2. The molecule has 0 unspecified atom stereocenters. The quantitative estimate of drug-likeness (QED) is 0.350. The van der Waals surface area contributed by atoms with Crippen LogP contribution in [0.5, 0.6) is 0 Å². The van der Waals surface area contributed by atoms with Gasteiger partial charge in [-0.1, -0.05) is 59.8 Å². The molecule has 0 amide bonds. The van der Waals surface area contributed by atoms with Crippen molar-refractivity contribution in [3.8, 4) is 0 Å². The molecule has 1 aromatic heterocycles. The monoisotopic (exact) mass is 404 g/mol. The van der Waals surface area contributed by atoms with E-state index in [1.165, 1.54) is 17.4 Å². The number of ketones is 1. The average Bonchev–Trinajstić information content (AvgIpc) is 2.79. The van der Waals surface area contributed by atoms with Crippen molar-refractivity contribution < 1.29 is 4.79 Å². The summed E-state index contributed by atoms with van der Waals surface area (Å²) >= 11 is 1.47. The van der Waals surface area contributed by atoms with Crippen LogP contribution in [0.25, 0.3) is 0 Å². The van der Waals surface area contributed by atoms with Gasteiger partial charge in [0.15, 0.2) is 5.78 Å². The summed E-state index contributed by atoms with van der Waals surface area (Å²) in [5.41, 5.74) is 3.16. The van der Waals surface area contributed by atoms with E-state index in [1.54, 1.807) is 6.33 Å². The van der Waals surface area contributed by atoms with Crippen molar-refractivity contribution in [3.05, 3.63) is 78.1 Å². The van der Waals surface area contributed by atoms with Gasteiger partial charge in [-0.3, -0.25) is 4.79 Å². The highest BCUT2D eigenvalue weighted by atomic mass is 32.2. The molecule has 29 heavy (non-hydrogen) atoms. The number of nitrogens with zero attached hydrogens (tertiary/aromatic N) is 4. The first-order valence-electron chi connectivity index (χ1n) is 9.79. The summed E-state index contributed by atoms with van der Waals surface area (Å²) in [7, 11) is 0. The molecule has 0 aliphatic carbocycles. The van der Waals surface area contributed by atoms with Crippen molar-refractivity contribution in [1.82, 2.24) is 9.97 Å². The number of rotatable bonds is 6. The van der Waals surface area contributed by atoms with E-state index in [0.717, 1.165) is 48.1 Å². The topological polar surface area (TPSA) is 49.3 Å². The largest absolute Gasteiger partial charge is 0.368 e. The zero-order valence-electron chi connectivity index (χ0n) is 16.5. The maximum atomic E-state index is 12.4. The molecule has 1 aliphatic heterocycles. The summed E-state index contributed by atoms with van der Waals surface area (Å²) in [5, 5.41) is 0.834. The Labute approximate surface area is 175 Å². The van der Waals surface area contributed by atoms with Gasteiger partial charge in [0.2, 0.25) is 0 Å². The number of thioether (sulfide) groups is 1. The van der Waals surface area contributed by atoms with Gasteiger partial charge in [-0.2, -0.15) is 0 Å². The molecule has 0 spiro atoms. The van der Waals surface area contributed by atoms with Crippen LogP contribution in [-0.2, 0) is 0 Å². The van der Waals surface area contributed by atoms with E-state index in [0.29, 0.717) is 5.75 Å². The number of carbonyl (C=O) groups is 1. The van der Waals surface area contributed by atoms with Crippen LogP contribution >= 0.6 is 11.8 Å². The van der Waals surface area contributed by atoms with Crippen LogP contribution in [0.2, 0.25) is 0 Å². The number of para-hydroxylation sites is 1. The molecule has 148 valence electrons. The Morgan fingerprint density at radius 3 is 2.34 bits per heavy atom. The number of hydrogen-bond donors (Lipinski definition) is 0. The number of anilines is 2. The molecule has 2 heterocycles. The van der Waals surface area contributed by atoms with E-state index in [-0.39, 0.29) is 5.78 Å². The smallest absolute Gasteiger partial charge is 0.173 e. The lowest BCUT2D eigenvalue weighted by Crippen LogP contribution is -2.46. The van der Waals surface area contributed by atoms with E-state index in [1.807, 2.05) is 43.3 Å². The second kappa shape index (κ2) is 9.09. The Morgan fingerprint density at radius 1 is 0.931 bits per heavy atom. The van der Waals surface area contributed by atoms with Crippen molar-refractivity contribution in [1.29, 1.82) is 0 Å². The standard InChI is InChI=1S/C23H24N4OS/c1-18-7-9-19(10-8-18)21(28)16-29-23-15-22(24-17-25-23)27-13-11-26(12-14-27)20-5-3-2-4-6-20/h2-10,15,17H,11-14,16H2,1H3. The van der Waals surface area contributed by atoms with Gasteiger partial charge in [-0.15, -0.1) is 0 Å². The Balaban J connectivity index is 1.34. The van der Waals surface area contributed by atoms with E-state index in [4.69, 9.17) is 0 Å². The van der Waals surface area contributed by atoms with E-state index < -0.39 is 0 Å². The van der Waals surface area contributed by atoms with Crippen LogP contribution in [0.1, 0.15) is 15.9 Å². The van der Waals surface area contributed by atoms with Crippen LogP contribution in [0, 0.1) is 6.92 Å². The van der Waals surface area contributed by atoms with E-state index >= 15 is 0 Å². The van der Waals surface area contributed by atoms with Gasteiger partial charge in [0.05, 0.1) is 5.75 Å². The van der Waals surface area contributed by atoms with Crippen LogP contribution in [0.15, 0.2) is 72.0 Å². The normalized spacial score (nSPS) is 14.1. The number of piperazine rings is 1. The fraction of sp³-hybridized carbons (Fsp3) is 0.261. The molecule has 3 aromatic rings. The molecule has 0 radical (unpaired) electrons. The Hall–Kier alpha value is -2.86. The average molecular weight is 405 g/mol. The Kier molecular flexibility index (Phi) is 6.10. The molecule has 4 rings (SSSR count). The van der Waals surface area contributed by atoms with E-state index in [2.05, 4.69) is 44.0 Å². The number of carbonyl (C=O) groups excluding carboxylic acids is 1. The first kappa shape index (κ1) is 19.5. The van der Waals surface area contributed by atoms with Crippen LogP contribution in [0.4, 0.5) is 11.5 Å². The minimum absolute atomic E-state index is 0.117. The predicted octanol–water partition coefficient (Wildman–Crippen LogP) is 4.09. The highest BCUT2D eigenvalue weighted by molar-refractivity contribution is 7.99. The van der Waals surface area contributed by atoms with Gasteiger partial charge >= 0.3 is 0 Å². The predicted molar refractivity (Wildman–Crippen MR) is 119 cm³/mol. The molecular weight excluding hydrogens is 380 g/mol. The van der Waals surface area contributed by atoms with Gasteiger partial charge in [0.1, 0.15) is 17.2 Å². The first-order chi connectivity index (χ1) is 14.2. The van der Waals surface area contributed by atoms with Gasteiger partial charge in [0, 0.05) is 43.5 Å². The molecule has 6 heteroatoms. The fourth-order valence-corrected chi connectivity index (χ4v) is 4.13. The van der Waals surface area contributed by atoms with Gasteiger partial charge in [-0.05, 0) is 19.1 Å². The fourth-order valence-electron chi connectivity index (χ4n) is 3.38. The minimum Gasteiger partial charge on any atom is -0.368 e. The SMILES string of the molecule is Cc1ccc(C(=O)CSc2cc(N3CCN(c4ccccc4)CC3)ncn2)cc1. The maximum absolute atomic E-state index is 12.4. The lowest BCUT2D eigenvalue weighted by atomic mass is 10.1. The highest BCUT2D eigenvalue weighted by Gasteiger charge is 2.19. The third-order valence-corrected chi connectivity index (χ3v) is 6.00. The summed E-state index contributed by atoms with van der Waals surface area (Å²) in [4.78, 5) is 25.9. The summed E-state index contributed by atoms with van der Waals surface area (Å²) in [6.45, 7) is 5.77. The lowest BCUT2D eigenvalue weighted by Gasteiger charge is -2.36. The third-order valence-electron chi connectivity index (χ3n) is 5.08. The Morgan fingerprint density at radius 2 is 1.62 bits per heavy atom. The molecule has 0 N–H and O–H groups in total. The summed E-state index contributed by atoms with van der Waals surface area (Å²) in [6, 6.07) is 20.2. The van der Waals surface area contributed by atoms with Crippen molar-refractivity contribution in [2.45, 2.75) is 11.9 Å². The molecule has 1 aliphatic rings. The maximum Gasteiger partial charge on any atom is 0.173 e. The molecule has 0 saturated carbocycles. The Bertz CT molecular complexity index is 954. The number of hydrogen-bond acceptors (Lipinski definition) is 6. The number of benzene rings is 2. The van der Waals surface area contributed by atoms with Gasteiger partial charge in [0.25, 0.3) is 0 Å². The summed E-state index contributed by atoms with van der Waals surface area (Å²) < 4.78 is 0. The first-order valence-corrected chi connectivity index (χ1v) is 10.8. The number of aryl methyl sites for hydroxylation is 1. The summed E-state index contributed by atoms with van der Waals surface area (Å²) in [6.07, 6.45) is 1.59. The second-order valence-corrected chi connectivity index (χ2v) is 8.10. The van der Waals surface area contributed by atoms with Crippen molar-refractivity contribution in [2.24, 2.45) is 0 Å². The van der Waals surface area contributed by atoms with Crippen LogP contribution < -0.4 is 9.80 Å². The lowest BCUT2D eigenvalue weighted by molar-refractivity contribution is 0.102. The zero-order valence-corrected chi connectivity index (χ0v) is 17.3. The molecule has 0 bridgehead atoms. The van der Waals surface area contributed by atoms with E-state index in [9.17, 15) is 4.79 Å². The van der Waals surface area contributed by atoms with Crippen molar-refractivity contribution in [2.75, 3.05) is 41.7 Å². The minimum atomic E-state index is 0.117. The van der Waals surface area contributed by atoms with Crippen molar-refractivity contribution in [3.63, 3.8) is 0 Å². The molecule has 5 nitrogen and oxygen atoms in total. The number of Topliss-reactive ketones (excluding diaryl/α,β-unsaturated/α-hetero) is 1. The molecular formula is C23H24N4OS. The van der Waals surface area contributed by atoms with Crippen LogP contribution in [0.3, 0.4) is 0 Å². The van der Waals surface area contributed by atoms with Crippen LogP contribution in [-0.4, -0.2) is 47.7 Å². The second-order valence-electron chi connectivity index (χ2n) is 7.10. The zero-order chi connectivity index (χ0) is 20.1.